The molecule has 0 bridgehead atoms. The van der Waals surface area contributed by atoms with E-state index in [1.165, 1.54) is 0 Å². The first-order chi connectivity index (χ1) is 10.7. The van der Waals surface area contributed by atoms with Crippen molar-refractivity contribution in [1.82, 2.24) is 0 Å². The van der Waals surface area contributed by atoms with Gasteiger partial charge in [0, 0.05) is 15.7 Å². The molecule has 2 heterocycles. The fraction of sp³-hybridized carbons (Fsp3) is 0.176. The highest BCUT2D eigenvalue weighted by Gasteiger charge is 2.19. The molecule has 110 valence electrons. The molecule has 1 aliphatic heterocycles. The topological polar surface area (TPSA) is 49.9 Å². The van der Waals surface area contributed by atoms with Gasteiger partial charge in [-0.15, -0.1) is 6.42 Å². The molecule has 0 saturated heterocycles. The molecule has 0 amide bonds. The molecule has 0 radical (unpaired) electrons. The highest BCUT2D eigenvalue weighted by atomic mass is 79.9. The van der Waals surface area contributed by atoms with Crippen LogP contribution in [0.4, 0.5) is 5.69 Å². The van der Waals surface area contributed by atoms with Crippen LogP contribution in [0.3, 0.4) is 0 Å². The summed E-state index contributed by atoms with van der Waals surface area (Å²) in [5.41, 5.74) is 2.69. The number of anilines is 1. The van der Waals surface area contributed by atoms with Crippen molar-refractivity contribution in [3.8, 4) is 12.3 Å². The third kappa shape index (κ3) is 2.97. The molecule has 2 aromatic rings. The smallest absolute Gasteiger partial charge is 0.152 e. The van der Waals surface area contributed by atoms with Crippen LogP contribution in [0.15, 0.2) is 55.5 Å². The molecule has 0 fully saturated rings. The molecule has 4 nitrogen and oxygen atoms in total. The Labute approximate surface area is 137 Å². The van der Waals surface area contributed by atoms with Crippen LogP contribution in [-0.2, 0) is 0 Å². The minimum atomic E-state index is -0.193. The van der Waals surface area contributed by atoms with E-state index in [1.807, 2.05) is 37.3 Å². The van der Waals surface area contributed by atoms with E-state index in [4.69, 9.17) is 10.8 Å². The predicted molar refractivity (Wildman–Crippen MR) is 92.7 cm³/mol. The predicted octanol–water partition coefficient (Wildman–Crippen LogP) is 3.73. The zero-order valence-corrected chi connectivity index (χ0v) is 13.6. The number of aliphatic imine (C=N–C) groups is 2. The Morgan fingerprint density at radius 3 is 3.05 bits per heavy atom. The number of nitrogens with zero attached hydrogens (tertiary/aromatic N) is 2. The van der Waals surface area contributed by atoms with Gasteiger partial charge in [-0.1, -0.05) is 21.9 Å². The Kier molecular flexibility index (Phi) is 4.12. The molecule has 1 N–H and O–H groups in total. The van der Waals surface area contributed by atoms with Crippen LogP contribution in [-0.4, -0.2) is 24.1 Å². The summed E-state index contributed by atoms with van der Waals surface area (Å²) < 4.78 is 6.49. The van der Waals surface area contributed by atoms with Gasteiger partial charge in [-0.05, 0) is 37.3 Å². The fourth-order valence-electron chi connectivity index (χ4n) is 2.22. The standard InChI is InChI=1S/C17H14BrN3O/c1-3-11(2)20-16-10-19-17(15-5-4-8-22-15)13-9-12(18)6-7-14(13)21-16/h1,4-9,11H,10H2,2H3,(H,20,21). The summed E-state index contributed by atoms with van der Waals surface area (Å²) in [5.74, 6) is 4.08. The van der Waals surface area contributed by atoms with Crippen LogP contribution in [0.1, 0.15) is 18.2 Å². The second kappa shape index (κ2) is 6.20. The van der Waals surface area contributed by atoms with Crippen LogP contribution in [0.25, 0.3) is 0 Å². The maximum atomic E-state index is 5.52. The lowest BCUT2D eigenvalue weighted by Gasteiger charge is -2.10. The second-order valence-corrected chi connectivity index (χ2v) is 5.79. The Bertz CT molecular complexity index is 785. The molecule has 1 aromatic carbocycles. The van der Waals surface area contributed by atoms with E-state index < -0.39 is 0 Å². The van der Waals surface area contributed by atoms with E-state index >= 15 is 0 Å². The average Bonchev–Trinajstić information content (AvgIpc) is 2.98. The van der Waals surface area contributed by atoms with Crippen molar-refractivity contribution in [2.75, 3.05) is 11.9 Å². The van der Waals surface area contributed by atoms with E-state index in [9.17, 15) is 0 Å². The summed E-state index contributed by atoms with van der Waals surface area (Å²) >= 11 is 3.50. The minimum absolute atomic E-state index is 0.193. The molecule has 1 aromatic heterocycles. The van der Waals surface area contributed by atoms with Gasteiger partial charge in [-0.25, -0.2) is 0 Å². The van der Waals surface area contributed by atoms with Crippen LogP contribution in [0.2, 0.25) is 0 Å². The molecular formula is C17H14BrN3O. The van der Waals surface area contributed by atoms with Crippen LogP contribution in [0, 0.1) is 12.3 Å². The monoisotopic (exact) mass is 355 g/mol. The Balaban J connectivity index is 2.10. The third-order valence-electron chi connectivity index (χ3n) is 3.25. The molecule has 1 atom stereocenters. The number of fused-ring (bicyclic) bond motifs is 1. The average molecular weight is 356 g/mol. The van der Waals surface area contributed by atoms with Crippen LogP contribution in [0.5, 0.6) is 0 Å². The maximum absolute atomic E-state index is 5.52. The van der Waals surface area contributed by atoms with Crippen molar-refractivity contribution < 1.29 is 4.42 Å². The highest BCUT2D eigenvalue weighted by molar-refractivity contribution is 9.10. The number of benzodiazepines with no additional fused rings is 1. The van der Waals surface area contributed by atoms with Gasteiger partial charge in [0.1, 0.15) is 17.6 Å². The third-order valence-corrected chi connectivity index (χ3v) is 3.74. The van der Waals surface area contributed by atoms with Crippen molar-refractivity contribution in [2.45, 2.75) is 13.0 Å². The highest BCUT2D eigenvalue weighted by Crippen LogP contribution is 2.26. The van der Waals surface area contributed by atoms with Crippen LogP contribution < -0.4 is 5.32 Å². The van der Waals surface area contributed by atoms with Gasteiger partial charge in [0.2, 0.25) is 0 Å². The van der Waals surface area contributed by atoms with Gasteiger partial charge in [0.15, 0.2) is 5.76 Å². The first kappa shape index (κ1) is 14.6. The van der Waals surface area contributed by atoms with Crippen molar-refractivity contribution in [1.29, 1.82) is 0 Å². The molecule has 5 heteroatoms. The quantitative estimate of drug-likeness (QED) is 0.834. The number of amidine groups is 1. The Hall–Kier alpha value is -2.32. The Morgan fingerprint density at radius 1 is 1.45 bits per heavy atom. The van der Waals surface area contributed by atoms with E-state index in [0.717, 1.165) is 33.0 Å². The van der Waals surface area contributed by atoms with E-state index in [-0.39, 0.29) is 6.04 Å². The van der Waals surface area contributed by atoms with Crippen molar-refractivity contribution in [2.24, 2.45) is 9.98 Å². The molecule has 22 heavy (non-hydrogen) atoms. The zero-order chi connectivity index (χ0) is 15.5. The number of furan rings is 1. The first-order valence-electron chi connectivity index (χ1n) is 6.85. The number of benzene rings is 1. The van der Waals surface area contributed by atoms with Gasteiger partial charge in [0.05, 0.1) is 12.8 Å². The lowest BCUT2D eigenvalue weighted by Crippen LogP contribution is -2.17. The molecule has 0 aliphatic carbocycles. The molecule has 1 unspecified atom stereocenters. The van der Waals surface area contributed by atoms with E-state index in [2.05, 4.69) is 37.2 Å². The fourth-order valence-corrected chi connectivity index (χ4v) is 2.58. The lowest BCUT2D eigenvalue weighted by atomic mass is 10.1. The van der Waals surface area contributed by atoms with Gasteiger partial charge in [-0.2, -0.15) is 0 Å². The largest absolute Gasteiger partial charge is 0.463 e. The Morgan fingerprint density at radius 2 is 2.32 bits per heavy atom. The van der Waals surface area contributed by atoms with E-state index in [0.29, 0.717) is 6.54 Å². The molecule has 3 rings (SSSR count). The van der Waals surface area contributed by atoms with Crippen molar-refractivity contribution in [3.63, 3.8) is 0 Å². The number of halogens is 1. The van der Waals surface area contributed by atoms with Gasteiger partial charge in [-0.3, -0.25) is 9.98 Å². The summed E-state index contributed by atoms with van der Waals surface area (Å²) in [4.78, 5) is 9.13. The summed E-state index contributed by atoms with van der Waals surface area (Å²) in [5, 5.41) is 3.32. The molecular weight excluding hydrogens is 342 g/mol. The van der Waals surface area contributed by atoms with Crippen molar-refractivity contribution >= 4 is 33.2 Å². The number of terminal acetylenes is 1. The molecule has 1 aliphatic rings. The summed E-state index contributed by atoms with van der Waals surface area (Å²) in [6, 6.07) is 9.52. The summed E-state index contributed by atoms with van der Waals surface area (Å²) in [6.07, 6.45) is 7.05. The number of nitrogens with one attached hydrogen (secondary N) is 1. The van der Waals surface area contributed by atoms with Crippen LogP contribution >= 0.6 is 15.9 Å². The minimum Gasteiger partial charge on any atom is -0.463 e. The van der Waals surface area contributed by atoms with E-state index in [1.54, 1.807) is 6.26 Å². The molecule has 0 saturated carbocycles. The second-order valence-electron chi connectivity index (χ2n) is 4.88. The SMILES string of the molecule is C#CC(C)N=C1CN=C(c2ccco2)c2cc(Br)ccc2N1. The normalized spacial score (nSPS) is 17.0. The number of hydrogen-bond acceptors (Lipinski definition) is 3. The van der Waals surface area contributed by atoms with Gasteiger partial charge < -0.3 is 9.73 Å². The molecule has 0 spiro atoms. The maximum Gasteiger partial charge on any atom is 0.152 e. The summed E-state index contributed by atoms with van der Waals surface area (Å²) in [6.45, 7) is 2.30. The lowest BCUT2D eigenvalue weighted by molar-refractivity contribution is 0.558. The number of rotatable bonds is 2. The first-order valence-corrected chi connectivity index (χ1v) is 7.65. The zero-order valence-electron chi connectivity index (χ0n) is 12.0. The van der Waals surface area contributed by atoms with Gasteiger partial charge >= 0.3 is 0 Å². The van der Waals surface area contributed by atoms with Crippen molar-refractivity contribution in [3.05, 3.63) is 52.4 Å². The van der Waals surface area contributed by atoms with Gasteiger partial charge in [0.25, 0.3) is 0 Å². The summed E-state index contributed by atoms with van der Waals surface area (Å²) in [7, 11) is 0. The number of hydrogen-bond donors (Lipinski definition) is 1.